The molecule has 0 spiro atoms. The average molecular weight is 259 g/mol. The molecule has 2 aromatic carbocycles. The lowest BCUT2D eigenvalue weighted by Gasteiger charge is -2.28. The van der Waals surface area contributed by atoms with E-state index in [4.69, 9.17) is 10.5 Å². The van der Waals surface area contributed by atoms with Crippen LogP contribution in [-0.2, 0) is 10.4 Å². The predicted molar refractivity (Wildman–Crippen MR) is 70.0 cm³/mol. The molecule has 0 fully saturated rings. The summed E-state index contributed by atoms with van der Waals surface area (Å²) >= 11 is 0. The van der Waals surface area contributed by atoms with Crippen molar-refractivity contribution in [2.75, 3.05) is 0 Å². The van der Waals surface area contributed by atoms with E-state index in [-0.39, 0.29) is 5.56 Å². The summed E-state index contributed by atoms with van der Waals surface area (Å²) in [4.78, 5) is 11.7. The van der Waals surface area contributed by atoms with Gasteiger partial charge in [-0.3, -0.25) is 4.79 Å². The molecule has 1 unspecified atom stereocenters. The molecule has 98 valence electrons. The van der Waals surface area contributed by atoms with Gasteiger partial charge in [-0.25, -0.2) is 4.39 Å². The van der Waals surface area contributed by atoms with E-state index in [0.717, 1.165) is 0 Å². The average Bonchev–Trinajstić information content (AvgIpc) is 2.40. The lowest BCUT2D eigenvalue weighted by atomic mass is 9.94. The lowest BCUT2D eigenvalue weighted by Crippen LogP contribution is -2.44. The summed E-state index contributed by atoms with van der Waals surface area (Å²) in [5.41, 5.74) is 3.96. The number of benzene rings is 2. The fraction of sp³-hybridized carbons (Fsp3) is 0.133. The SMILES string of the molecule is CC(Oc1ccccc1)(C(N)=O)c1ccccc1F. The van der Waals surface area contributed by atoms with Crippen LogP contribution in [0.1, 0.15) is 12.5 Å². The minimum absolute atomic E-state index is 0.117. The highest BCUT2D eigenvalue weighted by molar-refractivity contribution is 5.85. The molecule has 0 bridgehead atoms. The molecule has 1 amide bonds. The maximum Gasteiger partial charge on any atom is 0.266 e. The van der Waals surface area contributed by atoms with E-state index in [1.807, 2.05) is 6.07 Å². The maximum atomic E-state index is 13.9. The minimum Gasteiger partial charge on any atom is -0.473 e. The summed E-state index contributed by atoms with van der Waals surface area (Å²) in [7, 11) is 0. The van der Waals surface area contributed by atoms with Gasteiger partial charge in [0.15, 0.2) is 0 Å². The van der Waals surface area contributed by atoms with Crippen molar-refractivity contribution in [2.24, 2.45) is 5.73 Å². The van der Waals surface area contributed by atoms with E-state index >= 15 is 0 Å². The van der Waals surface area contributed by atoms with E-state index in [9.17, 15) is 9.18 Å². The highest BCUT2D eigenvalue weighted by atomic mass is 19.1. The Morgan fingerprint density at radius 1 is 1.11 bits per heavy atom. The van der Waals surface area contributed by atoms with Gasteiger partial charge in [0, 0.05) is 5.56 Å². The van der Waals surface area contributed by atoms with Crippen LogP contribution < -0.4 is 10.5 Å². The molecule has 19 heavy (non-hydrogen) atoms. The molecule has 4 heteroatoms. The van der Waals surface area contributed by atoms with Crippen LogP contribution in [0.15, 0.2) is 54.6 Å². The number of nitrogens with two attached hydrogens (primary N) is 1. The van der Waals surface area contributed by atoms with Crippen molar-refractivity contribution < 1.29 is 13.9 Å². The third kappa shape index (κ3) is 2.57. The Hall–Kier alpha value is -2.36. The summed E-state index contributed by atoms with van der Waals surface area (Å²) in [5, 5.41) is 0. The normalized spacial score (nSPS) is 13.6. The van der Waals surface area contributed by atoms with Gasteiger partial charge in [-0.2, -0.15) is 0 Å². The largest absolute Gasteiger partial charge is 0.473 e. The minimum atomic E-state index is -1.55. The molecule has 0 heterocycles. The fourth-order valence-corrected chi connectivity index (χ4v) is 1.81. The number of carbonyl (C=O) groups is 1. The van der Waals surface area contributed by atoms with Crippen molar-refractivity contribution in [1.29, 1.82) is 0 Å². The Kier molecular flexibility index (Phi) is 3.51. The van der Waals surface area contributed by atoms with Gasteiger partial charge in [0.05, 0.1) is 0 Å². The van der Waals surface area contributed by atoms with Gasteiger partial charge in [0.25, 0.3) is 5.91 Å². The molecule has 0 aliphatic carbocycles. The lowest BCUT2D eigenvalue weighted by molar-refractivity contribution is -0.133. The molecule has 2 rings (SSSR count). The summed E-state index contributed by atoms with van der Waals surface area (Å²) in [6, 6.07) is 14.6. The van der Waals surface area contributed by atoms with E-state index in [0.29, 0.717) is 5.75 Å². The van der Waals surface area contributed by atoms with Crippen LogP contribution >= 0.6 is 0 Å². The predicted octanol–water partition coefficient (Wildman–Crippen LogP) is 2.61. The highest BCUT2D eigenvalue weighted by Gasteiger charge is 2.38. The molecular weight excluding hydrogens is 245 g/mol. The van der Waals surface area contributed by atoms with E-state index in [1.165, 1.54) is 19.1 Å². The molecule has 0 radical (unpaired) electrons. The number of hydrogen-bond donors (Lipinski definition) is 1. The number of para-hydroxylation sites is 1. The van der Waals surface area contributed by atoms with Gasteiger partial charge >= 0.3 is 0 Å². The van der Waals surface area contributed by atoms with Gasteiger partial charge < -0.3 is 10.5 Å². The summed E-state index contributed by atoms with van der Waals surface area (Å²) < 4.78 is 19.5. The monoisotopic (exact) mass is 259 g/mol. The van der Waals surface area contributed by atoms with E-state index in [2.05, 4.69) is 0 Å². The molecule has 0 aromatic heterocycles. The number of carbonyl (C=O) groups excluding carboxylic acids is 1. The third-order valence-electron chi connectivity index (χ3n) is 2.92. The molecule has 1 atom stereocenters. The Morgan fingerprint density at radius 3 is 2.26 bits per heavy atom. The van der Waals surface area contributed by atoms with Crippen LogP contribution in [0.5, 0.6) is 5.75 Å². The molecule has 0 aliphatic rings. The zero-order chi connectivity index (χ0) is 13.9. The van der Waals surface area contributed by atoms with Crippen LogP contribution in [0.4, 0.5) is 4.39 Å². The highest BCUT2D eigenvalue weighted by Crippen LogP contribution is 2.29. The van der Waals surface area contributed by atoms with Crippen molar-refractivity contribution in [1.82, 2.24) is 0 Å². The topological polar surface area (TPSA) is 52.3 Å². The Balaban J connectivity index is 2.45. The second kappa shape index (κ2) is 5.10. The van der Waals surface area contributed by atoms with Gasteiger partial charge in [0.1, 0.15) is 11.6 Å². The van der Waals surface area contributed by atoms with Gasteiger partial charge in [0.2, 0.25) is 5.60 Å². The summed E-state index contributed by atoms with van der Waals surface area (Å²) in [6.45, 7) is 1.46. The van der Waals surface area contributed by atoms with Gasteiger partial charge in [-0.1, -0.05) is 36.4 Å². The zero-order valence-electron chi connectivity index (χ0n) is 10.5. The standard InChI is InChI=1S/C15H14FNO2/c1-15(14(17)18,12-9-5-6-10-13(12)16)19-11-7-3-2-4-8-11/h2-10H,1H3,(H2,17,18). The van der Waals surface area contributed by atoms with Crippen molar-refractivity contribution >= 4 is 5.91 Å². The van der Waals surface area contributed by atoms with Crippen LogP contribution in [0.25, 0.3) is 0 Å². The molecule has 2 N–H and O–H groups in total. The number of amides is 1. The second-order valence-electron chi connectivity index (χ2n) is 4.29. The van der Waals surface area contributed by atoms with E-state index in [1.54, 1.807) is 36.4 Å². The Bertz CT molecular complexity index is 586. The Labute approximate surface area is 110 Å². The van der Waals surface area contributed by atoms with Crippen molar-refractivity contribution in [2.45, 2.75) is 12.5 Å². The first-order chi connectivity index (χ1) is 9.04. The van der Waals surface area contributed by atoms with Crippen molar-refractivity contribution in [3.63, 3.8) is 0 Å². The molecular formula is C15H14FNO2. The molecule has 3 nitrogen and oxygen atoms in total. The van der Waals surface area contributed by atoms with Crippen molar-refractivity contribution in [3.8, 4) is 5.75 Å². The summed E-state index contributed by atoms with van der Waals surface area (Å²) in [5.74, 6) is -0.826. The third-order valence-corrected chi connectivity index (χ3v) is 2.92. The van der Waals surface area contributed by atoms with Crippen LogP contribution in [0.3, 0.4) is 0 Å². The van der Waals surface area contributed by atoms with Crippen LogP contribution in [0, 0.1) is 5.82 Å². The number of halogens is 1. The second-order valence-corrected chi connectivity index (χ2v) is 4.29. The fourth-order valence-electron chi connectivity index (χ4n) is 1.81. The molecule has 0 saturated carbocycles. The maximum absolute atomic E-state index is 13.9. The first kappa shape index (κ1) is 13.1. The Morgan fingerprint density at radius 2 is 1.68 bits per heavy atom. The van der Waals surface area contributed by atoms with E-state index < -0.39 is 17.3 Å². The smallest absolute Gasteiger partial charge is 0.266 e. The first-order valence-electron chi connectivity index (χ1n) is 5.83. The van der Waals surface area contributed by atoms with Crippen LogP contribution in [-0.4, -0.2) is 5.91 Å². The number of primary amides is 1. The number of rotatable bonds is 4. The first-order valence-corrected chi connectivity index (χ1v) is 5.83. The van der Waals surface area contributed by atoms with Gasteiger partial charge in [-0.05, 0) is 25.1 Å². The zero-order valence-corrected chi connectivity index (χ0v) is 10.5. The van der Waals surface area contributed by atoms with Gasteiger partial charge in [-0.15, -0.1) is 0 Å². The molecule has 0 aliphatic heterocycles. The molecule has 2 aromatic rings. The quantitative estimate of drug-likeness (QED) is 0.917. The van der Waals surface area contributed by atoms with Crippen LogP contribution in [0.2, 0.25) is 0 Å². The van der Waals surface area contributed by atoms with Crippen molar-refractivity contribution in [3.05, 3.63) is 66.0 Å². The number of hydrogen-bond acceptors (Lipinski definition) is 2. The molecule has 0 saturated heterocycles. The number of ether oxygens (including phenoxy) is 1. The summed E-state index contributed by atoms with van der Waals surface area (Å²) in [6.07, 6.45) is 0.